The van der Waals surface area contributed by atoms with Crippen molar-refractivity contribution in [1.82, 2.24) is 0 Å². The first-order valence-corrected chi connectivity index (χ1v) is 42.2. The van der Waals surface area contributed by atoms with Gasteiger partial charge in [-0.15, -0.1) is 0 Å². The van der Waals surface area contributed by atoms with Crippen molar-refractivity contribution in [3.63, 3.8) is 0 Å². The Balaban J connectivity index is 5.16. The maximum Gasteiger partial charge on any atom is 0.472 e. The molecule has 0 rings (SSSR count). The summed E-state index contributed by atoms with van der Waals surface area (Å²) < 4.78 is 68.4. The molecule has 0 aromatic heterocycles. The fourth-order valence-electron chi connectivity index (χ4n) is 11.6. The minimum atomic E-state index is -4.96. The molecule has 95 heavy (non-hydrogen) atoms. The van der Waals surface area contributed by atoms with Gasteiger partial charge >= 0.3 is 39.5 Å². The largest absolute Gasteiger partial charge is 0.472 e. The van der Waals surface area contributed by atoms with Crippen LogP contribution in [-0.2, 0) is 65.4 Å². The monoisotopic (exact) mass is 1400 g/mol. The van der Waals surface area contributed by atoms with Gasteiger partial charge in [0.15, 0.2) is 12.2 Å². The van der Waals surface area contributed by atoms with Crippen LogP contribution in [0.4, 0.5) is 0 Å². The van der Waals surface area contributed by atoms with Crippen molar-refractivity contribution in [2.24, 2.45) is 23.7 Å². The van der Waals surface area contributed by atoms with Gasteiger partial charge in [-0.2, -0.15) is 0 Å². The first-order chi connectivity index (χ1) is 45.6. The zero-order valence-electron chi connectivity index (χ0n) is 62.3. The number of rotatable bonds is 73. The number of phosphoric ester groups is 2. The summed E-state index contributed by atoms with van der Waals surface area (Å²) >= 11 is 0. The fourth-order valence-corrected chi connectivity index (χ4v) is 13.1. The summed E-state index contributed by atoms with van der Waals surface area (Å²) in [4.78, 5) is 72.7. The van der Waals surface area contributed by atoms with Crippen molar-refractivity contribution < 1.29 is 80.2 Å². The molecule has 0 radical (unpaired) electrons. The highest BCUT2D eigenvalue weighted by atomic mass is 31.2. The molecule has 0 aromatic carbocycles. The highest BCUT2D eigenvalue weighted by Crippen LogP contribution is 2.45. The smallest absolute Gasteiger partial charge is 0.462 e. The third kappa shape index (κ3) is 70.3. The lowest BCUT2D eigenvalue weighted by Crippen LogP contribution is -2.30. The van der Waals surface area contributed by atoms with Crippen LogP contribution in [0, 0.1) is 23.7 Å². The number of hydrogen-bond donors (Lipinski definition) is 3. The highest BCUT2D eigenvalue weighted by Gasteiger charge is 2.30. The molecule has 0 aliphatic rings. The SMILES string of the molecule is CC(C)CCCCCCCCCCCCCCCCCCCCC(=O)O[C@H](COC(=O)CCCCCCCCCC(C)C)COP(=O)(O)OCC(O)COP(=O)(O)OC[C@@H](COC(=O)CCCCCCCCCCCCCC(C)C)OC(=O)CCCCCCCCCC(C)C. The maximum atomic E-state index is 13.1. The average Bonchev–Trinajstić information content (AvgIpc) is 1.48. The van der Waals surface area contributed by atoms with E-state index in [1.165, 1.54) is 180 Å². The topological polar surface area (TPSA) is 237 Å². The molecule has 0 spiro atoms. The van der Waals surface area contributed by atoms with Crippen molar-refractivity contribution in [3.05, 3.63) is 0 Å². The van der Waals surface area contributed by atoms with Gasteiger partial charge in [0, 0.05) is 25.7 Å². The lowest BCUT2D eigenvalue weighted by Gasteiger charge is -2.21. The van der Waals surface area contributed by atoms with E-state index < -0.39 is 97.5 Å². The van der Waals surface area contributed by atoms with E-state index in [1.54, 1.807) is 0 Å². The minimum Gasteiger partial charge on any atom is -0.462 e. The molecule has 0 aromatic rings. The predicted octanol–water partition coefficient (Wildman–Crippen LogP) is 22.0. The maximum absolute atomic E-state index is 13.1. The van der Waals surface area contributed by atoms with E-state index in [4.69, 9.17) is 37.0 Å². The number of hydrogen-bond acceptors (Lipinski definition) is 15. The summed E-state index contributed by atoms with van der Waals surface area (Å²) in [5, 5.41) is 10.6. The van der Waals surface area contributed by atoms with Crippen molar-refractivity contribution >= 4 is 39.5 Å². The van der Waals surface area contributed by atoms with Crippen LogP contribution in [0.2, 0.25) is 0 Å². The van der Waals surface area contributed by atoms with E-state index in [2.05, 4.69) is 55.4 Å². The molecule has 0 saturated carbocycles. The number of aliphatic hydroxyl groups excluding tert-OH is 1. The molecule has 0 aliphatic heterocycles. The Kier molecular flexibility index (Phi) is 64.0. The number of unbranched alkanes of at least 4 members (excludes halogenated alkanes) is 39. The van der Waals surface area contributed by atoms with Crippen LogP contribution in [-0.4, -0.2) is 96.7 Å². The predicted molar refractivity (Wildman–Crippen MR) is 386 cm³/mol. The van der Waals surface area contributed by atoms with Gasteiger partial charge in [-0.05, 0) is 49.4 Å². The van der Waals surface area contributed by atoms with Gasteiger partial charge < -0.3 is 33.8 Å². The van der Waals surface area contributed by atoms with Gasteiger partial charge in [-0.25, -0.2) is 9.13 Å². The standard InChI is InChI=1S/C76H148O17P2/c1-66(2)52-44-36-28-22-18-15-13-11-9-10-12-14-16-20-25-33-42-50-58-75(80)92-71(63-87-74(79)57-49-41-34-26-30-38-46-54-68(5)6)64-90-94(82,83)88-60-70(77)61-89-95(84,85)91-65-72(93-76(81)59-51-43-35-27-31-39-47-55-69(7)8)62-86-73(78)56-48-40-32-24-21-17-19-23-29-37-45-53-67(3)4/h66-72,77H,9-65H2,1-8H3,(H,82,83)(H,84,85)/t70?,71-,72-/m1/s1. The van der Waals surface area contributed by atoms with E-state index in [0.29, 0.717) is 37.5 Å². The molecule has 0 heterocycles. The summed E-state index contributed by atoms with van der Waals surface area (Å²) in [6.45, 7) is 14.1. The van der Waals surface area contributed by atoms with Crippen molar-refractivity contribution in [3.8, 4) is 0 Å². The number of phosphoric acid groups is 2. The van der Waals surface area contributed by atoms with Gasteiger partial charge in [0.1, 0.15) is 19.3 Å². The summed E-state index contributed by atoms with van der Waals surface area (Å²) in [5.41, 5.74) is 0. The number of carbonyl (C=O) groups is 4. The van der Waals surface area contributed by atoms with E-state index in [0.717, 1.165) is 108 Å². The van der Waals surface area contributed by atoms with Gasteiger partial charge in [-0.3, -0.25) is 37.3 Å². The van der Waals surface area contributed by atoms with Crippen LogP contribution >= 0.6 is 15.6 Å². The third-order valence-corrected chi connectivity index (χ3v) is 19.5. The molecule has 0 amide bonds. The number of carbonyl (C=O) groups excluding carboxylic acids is 4. The van der Waals surface area contributed by atoms with Crippen LogP contribution < -0.4 is 0 Å². The molecule has 0 fully saturated rings. The van der Waals surface area contributed by atoms with Gasteiger partial charge in [0.2, 0.25) is 0 Å². The van der Waals surface area contributed by atoms with E-state index in [1.807, 2.05) is 0 Å². The summed E-state index contributed by atoms with van der Waals surface area (Å²) in [6.07, 6.45) is 50.3. The average molecular weight is 1400 g/mol. The van der Waals surface area contributed by atoms with Crippen LogP contribution in [0.1, 0.15) is 383 Å². The van der Waals surface area contributed by atoms with Crippen LogP contribution in [0.15, 0.2) is 0 Å². The molecular formula is C76H148O17P2. The normalized spacial score (nSPS) is 14.1. The third-order valence-electron chi connectivity index (χ3n) is 17.6. The first-order valence-electron chi connectivity index (χ1n) is 39.2. The summed E-state index contributed by atoms with van der Waals surface area (Å²) in [6, 6.07) is 0. The molecule has 0 saturated heterocycles. The lowest BCUT2D eigenvalue weighted by molar-refractivity contribution is -0.161. The number of ether oxygens (including phenoxy) is 4. The van der Waals surface area contributed by atoms with E-state index in [-0.39, 0.29) is 25.7 Å². The molecule has 0 bridgehead atoms. The second kappa shape index (κ2) is 65.4. The molecule has 3 unspecified atom stereocenters. The van der Waals surface area contributed by atoms with Gasteiger partial charge in [0.05, 0.1) is 26.4 Å². The quantitative estimate of drug-likeness (QED) is 0.0222. The lowest BCUT2D eigenvalue weighted by atomic mass is 10.0. The van der Waals surface area contributed by atoms with Crippen LogP contribution in [0.3, 0.4) is 0 Å². The highest BCUT2D eigenvalue weighted by molar-refractivity contribution is 7.47. The molecule has 17 nitrogen and oxygen atoms in total. The Hall–Kier alpha value is -1.94. The number of aliphatic hydroxyl groups is 1. The second-order valence-corrected chi connectivity index (χ2v) is 32.2. The summed E-state index contributed by atoms with van der Waals surface area (Å²) in [7, 11) is -9.91. The minimum absolute atomic E-state index is 0.103. The Labute approximate surface area is 581 Å². The second-order valence-electron chi connectivity index (χ2n) is 29.3. The molecule has 564 valence electrons. The van der Waals surface area contributed by atoms with E-state index in [9.17, 15) is 43.2 Å². The van der Waals surface area contributed by atoms with Gasteiger partial charge in [-0.1, -0.05) is 331 Å². The number of esters is 4. The first kappa shape index (κ1) is 93.1. The summed E-state index contributed by atoms with van der Waals surface area (Å²) in [5.74, 6) is 0.867. The Bertz CT molecular complexity index is 1870. The van der Waals surface area contributed by atoms with Crippen LogP contribution in [0.25, 0.3) is 0 Å². The molecule has 19 heteroatoms. The fraction of sp³-hybridized carbons (Fsp3) is 0.947. The Morgan fingerprint density at radius 3 is 0.653 bits per heavy atom. The molecular weight excluding hydrogens is 1250 g/mol. The molecule has 3 N–H and O–H groups in total. The van der Waals surface area contributed by atoms with Gasteiger partial charge in [0.25, 0.3) is 0 Å². The van der Waals surface area contributed by atoms with Crippen molar-refractivity contribution in [1.29, 1.82) is 0 Å². The molecule has 5 atom stereocenters. The Morgan fingerprint density at radius 1 is 0.263 bits per heavy atom. The zero-order chi connectivity index (χ0) is 70.3. The van der Waals surface area contributed by atoms with E-state index >= 15 is 0 Å². The zero-order valence-corrected chi connectivity index (χ0v) is 64.1. The Morgan fingerprint density at radius 2 is 0.442 bits per heavy atom. The molecule has 0 aliphatic carbocycles. The van der Waals surface area contributed by atoms with Crippen molar-refractivity contribution in [2.45, 2.75) is 401 Å². The van der Waals surface area contributed by atoms with Crippen molar-refractivity contribution in [2.75, 3.05) is 39.6 Å². The van der Waals surface area contributed by atoms with Crippen LogP contribution in [0.5, 0.6) is 0 Å².